The summed E-state index contributed by atoms with van der Waals surface area (Å²) in [5.74, 6) is 1.71. The zero-order valence-corrected chi connectivity index (χ0v) is 19.0. The number of nitrogens with one attached hydrogen (secondary N) is 1. The van der Waals surface area contributed by atoms with Crippen molar-refractivity contribution in [1.29, 1.82) is 0 Å². The van der Waals surface area contributed by atoms with Crippen molar-refractivity contribution in [3.05, 3.63) is 53.8 Å². The Labute approximate surface area is 187 Å². The fraction of sp³-hybridized carbons (Fsp3) is 0.458. The van der Waals surface area contributed by atoms with Gasteiger partial charge in [-0.05, 0) is 49.4 Å². The Morgan fingerprint density at radius 1 is 1.31 bits per heavy atom. The summed E-state index contributed by atoms with van der Waals surface area (Å²) >= 11 is 0. The minimum Gasteiger partial charge on any atom is -0.473 e. The van der Waals surface area contributed by atoms with E-state index in [9.17, 15) is 4.79 Å². The van der Waals surface area contributed by atoms with Crippen molar-refractivity contribution in [3.63, 3.8) is 0 Å². The minimum atomic E-state index is -0.123. The number of hydrogen-bond donors (Lipinski definition) is 1. The maximum atomic E-state index is 12.7. The number of aryl methyl sites for hydroxylation is 1. The Kier molecular flexibility index (Phi) is 6.21. The van der Waals surface area contributed by atoms with Crippen LogP contribution in [-0.4, -0.2) is 32.1 Å². The minimum absolute atomic E-state index is 0.0167. The third-order valence-electron chi connectivity index (χ3n) is 5.44. The molecule has 8 heteroatoms. The van der Waals surface area contributed by atoms with Gasteiger partial charge in [-0.25, -0.2) is 9.97 Å². The summed E-state index contributed by atoms with van der Waals surface area (Å²) in [7, 11) is 0. The molecular weight excluding hydrogens is 406 g/mol. The van der Waals surface area contributed by atoms with Crippen LogP contribution in [0.5, 0.6) is 5.88 Å². The fourth-order valence-electron chi connectivity index (χ4n) is 4.03. The molecule has 0 radical (unpaired) electrons. The van der Waals surface area contributed by atoms with E-state index in [0.29, 0.717) is 30.3 Å². The second-order valence-corrected chi connectivity index (χ2v) is 9.29. The zero-order chi connectivity index (χ0) is 22.7. The summed E-state index contributed by atoms with van der Waals surface area (Å²) < 4.78 is 10.8. The van der Waals surface area contributed by atoms with Crippen LogP contribution in [0.25, 0.3) is 11.4 Å². The van der Waals surface area contributed by atoms with Crippen molar-refractivity contribution < 1.29 is 14.1 Å². The highest BCUT2D eigenvalue weighted by atomic mass is 16.5. The van der Waals surface area contributed by atoms with Crippen LogP contribution in [0, 0.1) is 5.41 Å². The van der Waals surface area contributed by atoms with Gasteiger partial charge in [0, 0.05) is 48.6 Å². The number of amides is 1. The standard InChI is InChI=1S/C24H29N5O3/c1-15(2)31-22-11-17(32-29-22)5-6-21(30)27-19-12-24(3,4)13-20-18(19)14-26-23(28-20)16-7-9-25-10-8-16/h7-11,14-15,19H,5-6,12-13H2,1-4H3,(H,27,30). The van der Waals surface area contributed by atoms with Crippen LogP contribution in [0.1, 0.15) is 63.6 Å². The van der Waals surface area contributed by atoms with Gasteiger partial charge in [-0.2, -0.15) is 0 Å². The molecule has 8 nitrogen and oxygen atoms in total. The van der Waals surface area contributed by atoms with E-state index in [4.69, 9.17) is 14.2 Å². The SMILES string of the molecule is CC(C)Oc1cc(CCC(=O)NC2CC(C)(C)Cc3nc(-c4ccncc4)ncc32)on1. The number of pyridine rings is 1. The summed E-state index contributed by atoms with van der Waals surface area (Å²) in [6.07, 6.45) is 7.77. The van der Waals surface area contributed by atoms with Gasteiger partial charge in [0.1, 0.15) is 5.76 Å². The molecule has 3 heterocycles. The Morgan fingerprint density at radius 3 is 2.84 bits per heavy atom. The summed E-state index contributed by atoms with van der Waals surface area (Å²) in [5.41, 5.74) is 2.92. The Balaban J connectivity index is 1.44. The van der Waals surface area contributed by atoms with E-state index in [0.717, 1.165) is 29.7 Å². The van der Waals surface area contributed by atoms with Crippen molar-refractivity contribution in [3.8, 4) is 17.3 Å². The lowest BCUT2D eigenvalue weighted by molar-refractivity contribution is -0.122. The molecule has 1 atom stereocenters. The van der Waals surface area contributed by atoms with Gasteiger partial charge < -0.3 is 14.6 Å². The molecule has 1 unspecified atom stereocenters. The van der Waals surface area contributed by atoms with Gasteiger partial charge in [0.05, 0.1) is 17.8 Å². The van der Waals surface area contributed by atoms with Crippen LogP contribution in [0.3, 0.4) is 0 Å². The number of fused-ring (bicyclic) bond motifs is 1. The highest BCUT2D eigenvalue weighted by Crippen LogP contribution is 2.40. The molecule has 0 saturated heterocycles. The van der Waals surface area contributed by atoms with Gasteiger partial charge in [0.15, 0.2) is 5.82 Å². The van der Waals surface area contributed by atoms with Crippen LogP contribution in [0.15, 0.2) is 41.3 Å². The molecule has 3 aromatic rings. The molecule has 3 aromatic heterocycles. The van der Waals surface area contributed by atoms with E-state index in [-0.39, 0.29) is 23.5 Å². The molecule has 0 aliphatic heterocycles. The van der Waals surface area contributed by atoms with E-state index < -0.39 is 0 Å². The maximum absolute atomic E-state index is 12.7. The van der Waals surface area contributed by atoms with Gasteiger partial charge in [-0.3, -0.25) is 9.78 Å². The van der Waals surface area contributed by atoms with Gasteiger partial charge >= 0.3 is 0 Å². The highest BCUT2D eigenvalue weighted by Gasteiger charge is 2.34. The summed E-state index contributed by atoms with van der Waals surface area (Å²) in [4.78, 5) is 26.2. The van der Waals surface area contributed by atoms with E-state index in [1.165, 1.54) is 0 Å². The van der Waals surface area contributed by atoms with Crippen molar-refractivity contribution in [1.82, 2.24) is 25.4 Å². The monoisotopic (exact) mass is 435 g/mol. The van der Waals surface area contributed by atoms with Crippen LogP contribution >= 0.6 is 0 Å². The first-order valence-electron chi connectivity index (χ1n) is 11.0. The molecule has 168 valence electrons. The molecule has 4 rings (SSSR count). The van der Waals surface area contributed by atoms with Crippen LogP contribution in [0.4, 0.5) is 0 Å². The third-order valence-corrected chi connectivity index (χ3v) is 5.44. The van der Waals surface area contributed by atoms with Crippen molar-refractivity contribution in [2.75, 3.05) is 0 Å². The maximum Gasteiger partial charge on any atom is 0.254 e. The summed E-state index contributed by atoms with van der Waals surface area (Å²) in [6, 6.07) is 5.41. The molecule has 1 N–H and O–H groups in total. The van der Waals surface area contributed by atoms with E-state index in [1.54, 1.807) is 18.5 Å². The normalized spacial score (nSPS) is 17.1. The number of nitrogens with zero attached hydrogens (tertiary/aromatic N) is 4. The van der Waals surface area contributed by atoms with E-state index in [1.807, 2.05) is 32.2 Å². The van der Waals surface area contributed by atoms with Crippen LogP contribution in [-0.2, 0) is 17.6 Å². The predicted octanol–water partition coefficient (Wildman–Crippen LogP) is 4.08. The number of carbonyl (C=O) groups excluding carboxylic acids is 1. The molecule has 1 aliphatic rings. The molecule has 0 fully saturated rings. The van der Waals surface area contributed by atoms with Crippen molar-refractivity contribution in [2.24, 2.45) is 5.41 Å². The van der Waals surface area contributed by atoms with Gasteiger partial charge in [-0.15, -0.1) is 0 Å². The lowest BCUT2D eigenvalue weighted by atomic mass is 9.74. The van der Waals surface area contributed by atoms with Crippen molar-refractivity contribution >= 4 is 5.91 Å². The molecule has 32 heavy (non-hydrogen) atoms. The third kappa shape index (κ3) is 5.30. The first-order chi connectivity index (χ1) is 15.3. The predicted molar refractivity (Wildman–Crippen MR) is 119 cm³/mol. The largest absolute Gasteiger partial charge is 0.473 e. The summed E-state index contributed by atoms with van der Waals surface area (Å²) in [6.45, 7) is 8.26. The lowest BCUT2D eigenvalue weighted by Crippen LogP contribution is -2.37. The second kappa shape index (κ2) is 9.06. The molecule has 0 bridgehead atoms. The molecule has 1 aliphatic carbocycles. The van der Waals surface area contributed by atoms with Gasteiger partial charge in [0.2, 0.25) is 5.91 Å². The van der Waals surface area contributed by atoms with Crippen molar-refractivity contribution in [2.45, 2.75) is 65.5 Å². The highest BCUT2D eigenvalue weighted by molar-refractivity contribution is 5.76. The average Bonchev–Trinajstić information content (AvgIpc) is 3.18. The molecule has 0 spiro atoms. The van der Waals surface area contributed by atoms with Crippen LogP contribution in [0.2, 0.25) is 0 Å². The number of ether oxygens (including phenoxy) is 1. The van der Waals surface area contributed by atoms with E-state index in [2.05, 4.69) is 34.3 Å². The van der Waals surface area contributed by atoms with Gasteiger partial charge in [0.25, 0.3) is 5.88 Å². The smallest absolute Gasteiger partial charge is 0.254 e. The van der Waals surface area contributed by atoms with E-state index >= 15 is 0 Å². The first kappa shape index (κ1) is 21.9. The average molecular weight is 436 g/mol. The van der Waals surface area contributed by atoms with Gasteiger partial charge in [-0.1, -0.05) is 13.8 Å². The number of rotatable bonds is 7. The number of aromatic nitrogens is 4. The number of hydrogen-bond acceptors (Lipinski definition) is 7. The quantitative estimate of drug-likeness (QED) is 0.596. The fourth-order valence-corrected chi connectivity index (χ4v) is 4.03. The summed E-state index contributed by atoms with van der Waals surface area (Å²) in [5, 5.41) is 7.06. The Morgan fingerprint density at radius 2 is 2.09 bits per heavy atom. The Hall–Kier alpha value is -3.29. The van der Waals surface area contributed by atoms with Crippen LogP contribution < -0.4 is 10.1 Å². The zero-order valence-electron chi connectivity index (χ0n) is 19.0. The number of carbonyl (C=O) groups is 1. The lowest BCUT2D eigenvalue weighted by Gasteiger charge is -2.36. The second-order valence-electron chi connectivity index (χ2n) is 9.29. The first-order valence-corrected chi connectivity index (χ1v) is 11.0. The molecule has 0 aromatic carbocycles. The topological polar surface area (TPSA) is 103 Å². The molecular formula is C24H29N5O3. The Bertz CT molecular complexity index is 1080. The molecule has 1 amide bonds. The molecule has 0 saturated carbocycles.